The molecule has 0 aliphatic heterocycles. The monoisotopic (exact) mass is 599 g/mol. The lowest BCUT2D eigenvalue weighted by molar-refractivity contribution is -0.119. The van der Waals surface area contributed by atoms with Crippen molar-refractivity contribution in [2.75, 3.05) is 17.5 Å². The van der Waals surface area contributed by atoms with Gasteiger partial charge in [0.05, 0.1) is 39.0 Å². The fourth-order valence-electron chi connectivity index (χ4n) is 3.60. The summed E-state index contributed by atoms with van der Waals surface area (Å²) < 4.78 is 38.4. The highest BCUT2D eigenvalue weighted by atomic mass is 35.5. The number of hydrogen-bond donors (Lipinski definition) is 1. The van der Waals surface area contributed by atoms with Gasteiger partial charge >= 0.3 is 5.97 Å². The number of benzene rings is 3. The Hall–Kier alpha value is -4.12. The van der Waals surface area contributed by atoms with E-state index in [0.717, 1.165) is 9.87 Å². The van der Waals surface area contributed by atoms with E-state index in [1.807, 2.05) is 0 Å². The van der Waals surface area contributed by atoms with E-state index in [2.05, 4.69) is 10.5 Å². The van der Waals surface area contributed by atoms with Gasteiger partial charge in [0.15, 0.2) is 0 Å². The second-order valence-corrected chi connectivity index (χ2v) is 10.8. The summed E-state index contributed by atoms with van der Waals surface area (Å²) in [5.74, 6) is -0.298. The number of carbonyl (C=O) groups is 2. The number of halogens is 2. The van der Waals surface area contributed by atoms with Crippen LogP contribution in [-0.4, -0.2) is 39.7 Å². The first kappa shape index (κ1) is 28.9. The molecule has 0 saturated carbocycles. The normalized spacial score (nSPS) is 11.4. The summed E-state index contributed by atoms with van der Waals surface area (Å²) in [4.78, 5) is 24.6. The SMILES string of the molecule is CCOC(=O)c1ccc(-c2ccc(/C=N\NC(=O)CN(c3cccc(Cl)c3Cl)S(=O)(=O)c3ccccc3)o2)cc1. The molecule has 0 saturated heterocycles. The molecule has 0 radical (unpaired) electrons. The van der Waals surface area contributed by atoms with Crippen molar-refractivity contribution in [1.82, 2.24) is 5.43 Å². The molecule has 9 nitrogen and oxygen atoms in total. The van der Waals surface area contributed by atoms with Crippen LogP contribution in [0.25, 0.3) is 11.3 Å². The zero-order valence-corrected chi connectivity index (χ0v) is 23.4. The highest BCUT2D eigenvalue weighted by Crippen LogP contribution is 2.35. The highest BCUT2D eigenvalue weighted by Gasteiger charge is 2.29. The number of ether oxygens (including phenoxy) is 1. The standard InChI is InChI=1S/C28H23Cl2N3O6S/c1-2-38-28(35)20-13-11-19(12-14-20)25-16-15-21(39-25)17-31-32-26(34)18-33(24-10-6-9-23(29)27(24)30)40(36,37)22-7-4-3-5-8-22/h3-17H,2,18H2,1H3,(H,32,34)/b31-17-. The number of hydrazone groups is 1. The molecule has 1 aromatic heterocycles. The molecule has 0 unspecified atom stereocenters. The lowest BCUT2D eigenvalue weighted by Gasteiger charge is -2.24. The average molecular weight is 600 g/mol. The molecule has 0 spiro atoms. The van der Waals surface area contributed by atoms with Crippen LogP contribution >= 0.6 is 23.2 Å². The predicted octanol–water partition coefficient (Wildman–Crippen LogP) is 5.78. The highest BCUT2D eigenvalue weighted by molar-refractivity contribution is 7.92. The van der Waals surface area contributed by atoms with Crippen molar-refractivity contribution in [2.24, 2.45) is 5.10 Å². The Balaban J connectivity index is 1.47. The number of nitrogens with zero attached hydrogens (tertiary/aromatic N) is 2. The van der Waals surface area contributed by atoms with E-state index >= 15 is 0 Å². The molecule has 40 heavy (non-hydrogen) atoms. The largest absolute Gasteiger partial charge is 0.462 e. The topological polar surface area (TPSA) is 118 Å². The third kappa shape index (κ3) is 6.71. The average Bonchev–Trinajstić information content (AvgIpc) is 3.43. The van der Waals surface area contributed by atoms with Gasteiger partial charge in [-0.15, -0.1) is 0 Å². The van der Waals surface area contributed by atoms with Crippen LogP contribution in [0.2, 0.25) is 10.0 Å². The van der Waals surface area contributed by atoms with E-state index in [1.54, 1.807) is 61.5 Å². The number of esters is 1. The van der Waals surface area contributed by atoms with Crippen LogP contribution in [0.1, 0.15) is 23.0 Å². The second-order valence-electron chi connectivity index (χ2n) is 8.19. The molecule has 0 fully saturated rings. The van der Waals surface area contributed by atoms with E-state index in [4.69, 9.17) is 32.4 Å². The first-order valence-corrected chi connectivity index (χ1v) is 14.1. The fourth-order valence-corrected chi connectivity index (χ4v) is 5.50. The third-order valence-corrected chi connectivity index (χ3v) is 8.09. The minimum Gasteiger partial charge on any atom is -0.462 e. The van der Waals surface area contributed by atoms with E-state index in [-0.39, 0.29) is 27.2 Å². The van der Waals surface area contributed by atoms with E-state index in [9.17, 15) is 18.0 Å². The van der Waals surface area contributed by atoms with Crippen LogP contribution in [-0.2, 0) is 19.6 Å². The lowest BCUT2D eigenvalue weighted by atomic mass is 10.1. The van der Waals surface area contributed by atoms with Crippen molar-refractivity contribution in [1.29, 1.82) is 0 Å². The van der Waals surface area contributed by atoms with Crippen molar-refractivity contribution < 1.29 is 27.2 Å². The molecule has 0 atom stereocenters. The third-order valence-electron chi connectivity index (χ3n) is 5.51. The Morgan fingerprint density at radius 3 is 2.40 bits per heavy atom. The molecule has 1 N–H and O–H groups in total. The van der Waals surface area contributed by atoms with Gasteiger partial charge in [-0.1, -0.05) is 59.6 Å². The number of carbonyl (C=O) groups excluding carboxylic acids is 2. The Labute approximate surface area is 241 Å². The van der Waals surface area contributed by atoms with Crippen LogP contribution in [0.15, 0.2) is 99.3 Å². The zero-order chi connectivity index (χ0) is 28.7. The summed E-state index contributed by atoms with van der Waals surface area (Å²) in [5.41, 5.74) is 3.49. The molecule has 12 heteroatoms. The van der Waals surface area contributed by atoms with Gasteiger partial charge in [-0.25, -0.2) is 18.6 Å². The van der Waals surface area contributed by atoms with Crippen LogP contribution in [0, 0.1) is 0 Å². The van der Waals surface area contributed by atoms with E-state index in [1.165, 1.54) is 36.5 Å². The van der Waals surface area contributed by atoms with Crippen LogP contribution < -0.4 is 9.73 Å². The number of hydrogen-bond acceptors (Lipinski definition) is 7. The molecule has 3 aromatic carbocycles. The predicted molar refractivity (Wildman–Crippen MR) is 153 cm³/mol. The first-order chi connectivity index (χ1) is 19.2. The Morgan fingerprint density at radius 2 is 1.70 bits per heavy atom. The van der Waals surface area contributed by atoms with E-state index < -0.39 is 28.4 Å². The zero-order valence-electron chi connectivity index (χ0n) is 21.1. The van der Waals surface area contributed by atoms with Gasteiger partial charge < -0.3 is 9.15 Å². The minimum absolute atomic E-state index is 0.0154. The maximum Gasteiger partial charge on any atom is 0.338 e. The number of rotatable bonds is 10. The molecule has 0 aliphatic carbocycles. The molecular formula is C28H23Cl2N3O6S. The van der Waals surface area contributed by atoms with Gasteiger partial charge in [-0.05, 0) is 55.5 Å². The molecular weight excluding hydrogens is 577 g/mol. The first-order valence-electron chi connectivity index (χ1n) is 11.9. The fraction of sp³-hybridized carbons (Fsp3) is 0.107. The summed E-state index contributed by atoms with van der Waals surface area (Å²) >= 11 is 12.4. The number of amides is 1. The lowest BCUT2D eigenvalue weighted by Crippen LogP contribution is -2.39. The summed E-state index contributed by atoms with van der Waals surface area (Å²) in [6.45, 7) is 1.40. The maximum absolute atomic E-state index is 13.4. The number of sulfonamides is 1. The molecule has 1 amide bonds. The molecule has 0 bridgehead atoms. The summed E-state index contributed by atoms with van der Waals surface area (Å²) in [6, 6.07) is 22.2. The van der Waals surface area contributed by atoms with Crippen molar-refractivity contribution in [2.45, 2.75) is 11.8 Å². The summed E-state index contributed by atoms with van der Waals surface area (Å²) in [6.07, 6.45) is 1.27. The molecule has 0 aliphatic rings. The van der Waals surface area contributed by atoms with Crippen LogP contribution in [0.3, 0.4) is 0 Å². The maximum atomic E-state index is 13.4. The Morgan fingerprint density at radius 1 is 0.975 bits per heavy atom. The number of anilines is 1. The van der Waals surface area contributed by atoms with Gasteiger partial charge in [0.25, 0.3) is 15.9 Å². The van der Waals surface area contributed by atoms with Gasteiger partial charge in [0, 0.05) is 5.56 Å². The van der Waals surface area contributed by atoms with Gasteiger partial charge in [-0.3, -0.25) is 9.10 Å². The molecule has 4 aromatic rings. The van der Waals surface area contributed by atoms with Crippen molar-refractivity contribution in [3.05, 3.63) is 106 Å². The smallest absolute Gasteiger partial charge is 0.338 e. The quantitative estimate of drug-likeness (QED) is 0.140. The molecule has 206 valence electrons. The van der Waals surface area contributed by atoms with E-state index in [0.29, 0.717) is 17.1 Å². The minimum atomic E-state index is -4.17. The summed E-state index contributed by atoms with van der Waals surface area (Å²) in [7, 11) is -4.17. The van der Waals surface area contributed by atoms with Crippen molar-refractivity contribution >= 4 is 57.0 Å². The summed E-state index contributed by atoms with van der Waals surface area (Å²) in [5, 5.41) is 4.01. The Bertz CT molecular complexity index is 1640. The van der Waals surface area contributed by atoms with Gasteiger partial charge in [-0.2, -0.15) is 5.10 Å². The molecule has 1 heterocycles. The van der Waals surface area contributed by atoms with Crippen molar-refractivity contribution in [3.8, 4) is 11.3 Å². The Kier molecular flexibility index (Phi) is 9.26. The number of furan rings is 1. The number of nitrogens with one attached hydrogen (secondary N) is 1. The van der Waals surface area contributed by atoms with Gasteiger partial charge in [0.1, 0.15) is 18.1 Å². The van der Waals surface area contributed by atoms with Crippen LogP contribution in [0.5, 0.6) is 0 Å². The second kappa shape index (κ2) is 12.8. The van der Waals surface area contributed by atoms with Crippen LogP contribution in [0.4, 0.5) is 5.69 Å². The van der Waals surface area contributed by atoms with Gasteiger partial charge in [0.2, 0.25) is 0 Å². The van der Waals surface area contributed by atoms with Crippen molar-refractivity contribution in [3.63, 3.8) is 0 Å². The molecule has 4 rings (SSSR count).